The first-order valence-corrected chi connectivity index (χ1v) is 7.34. The van der Waals surface area contributed by atoms with Crippen molar-refractivity contribution in [3.05, 3.63) is 34.9 Å². The van der Waals surface area contributed by atoms with Gasteiger partial charge in [-0.15, -0.1) is 0 Å². The van der Waals surface area contributed by atoms with Gasteiger partial charge in [-0.25, -0.2) is 0 Å². The molecule has 0 spiro atoms. The Kier molecular flexibility index (Phi) is 5.61. The third-order valence-electron chi connectivity index (χ3n) is 3.89. The molecule has 0 saturated heterocycles. The Balaban J connectivity index is 0.000000861. The molecule has 1 aliphatic carbocycles. The Hall–Kier alpha value is -0.820. The van der Waals surface area contributed by atoms with E-state index >= 15 is 0 Å². The summed E-state index contributed by atoms with van der Waals surface area (Å²) in [5.41, 5.74) is 2.29. The van der Waals surface area contributed by atoms with E-state index in [0.717, 1.165) is 5.02 Å². The SMILES string of the molecule is C=O.CC(C)(C)CC1(c2ccc(Cl)cc2)CCCC1. The highest BCUT2D eigenvalue weighted by atomic mass is 35.5. The Bertz CT molecular complexity index is 383. The van der Waals surface area contributed by atoms with Crippen LogP contribution in [0, 0.1) is 5.41 Å². The van der Waals surface area contributed by atoms with Gasteiger partial charge in [-0.1, -0.05) is 57.3 Å². The van der Waals surface area contributed by atoms with Gasteiger partial charge in [-0.2, -0.15) is 0 Å². The Labute approximate surface area is 122 Å². The summed E-state index contributed by atoms with van der Waals surface area (Å²) in [5, 5.41) is 0.845. The fraction of sp³-hybridized carbons (Fsp3) is 0.588. The van der Waals surface area contributed by atoms with Crippen LogP contribution in [0.25, 0.3) is 0 Å². The number of halogens is 1. The van der Waals surface area contributed by atoms with Gasteiger partial charge in [0, 0.05) is 5.02 Å². The van der Waals surface area contributed by atoms with Crippen molar-refractivity contribution < 1.29 is 4.79 Å². The van der Waals surface area contributed by atoms with E-state index in [2.05, 4.69) is 32.9 Å². The quantitative estimate of drug-likeness (QED) is 0.708. The van der Waals surface area contributed by atoms with Crippen LogP contribution in [0.1, 0.15) is 58.4 Å². The van der Waals surface area contributed by atoms with Gasteiger partial charge < -0.3 is 4.79 Å². The van der Waals surface area contributed by atoms with Crippen molar-refractivity contribution in [3.8, 4) is 0 Å². The van der Waals surface area contributed by atoms with Crippen LogP contribution in [0.2, 0.25) is 5.02 Å². The lowest BCUT2D eigenvalue weighted by molar-refractivity contribution is -0.0979. The first kappa shape index (κ1) is 16.2. The Morgan fingerprint density at radius 2 is 1.58 bits per heavy atom. The van der Waals surface area contributed by atoms with Crippen molar-refractivity contribution in [2.24, 2.45) is 5.41 Å². The largest absolute Gasteiger partial charge is 0.307 e. The van der Waals surface area contributed by atoms with Gasteiger partial charge in [-0.05, 0) is 47.8 Å². The molecule has 1 saturated carbocycles. The van der Waals surface area contributed by atoms with Crippen LogP contribution in [0.3, 0.4) is 0 Å². The molecule has 1 aromatic carbocycles. The van der Waals surface area contributed by atoms with Crippen molar-refractivity contribution in [2.75, 3.05) is 0 Å². The summed E-state index contributed by atoms with van der Waals surface area (Å²) in [5.74, 6) is 0. The van der Waals surface area contributed by atoms with E-state index in [0.29, 0.717) is 10.8 Å². The van der Waals surface area contributed by atoms with Crippen LogP contribution in [-0.4, -0.2) is 6.79 Å². The fourth-order valence-electron chi connectivity index (χ4n) is 3.44. The van der Waals surface area contributed by atoms with Gasteiger partial charge in [0.1, 0.15) is 6.79 Å². The standard InChI is InChI=1S/C16H23Cl.CH2O/c1-15(2,3)12-16(10-4-5-11-16)13-6-8-14(17)9-7-13;1-2/h6-9H,4-5,10-12H2,1-3H3;1H2. The number of hydrogen-bond acceptors (Lipinski definition) is 1. The molecule has 0 bridgehead atoms. The summed E-state index contributed by atoms with van der Waals surface area (Å²) in [4.78, 5) is 8.00. The Morgan fingerprint density at radius 1 is 1.11 bits per heavy atom. The van der Waals surface area contributed by atoms with Gasteiger partial charge in [0.2, 0.25) is 0 Å². The highest BCUT2D eigenvalue weighted by Gasteiger charge is 2.38. The second kappa shape index (κ2) is 6.56. The van der Waals surface area contributed by atoms with Crippen molar-refractivity contribution in [1.29, 1.82) is 0 Å². The molecule has 0 aromatic heterocycles. The third kappa shape index (κ3) is 4.35. The number of benzene rings is 1. The van der Waals surface area contributed by atoms with Gasteiger partial charge in [0.05, 0.1) is 0 Å². The van der Waals surface area contributed by atoms with Crippen molar-refractivity contribution >= 4 is 18.4 Å². The van der Waals surface area contributed by atoms with E-state index in [9.17, 15) is 0 Å². The lowest BCUT2D eigenvalue weighted by Gasteiger charge is -2.36. The molecule has 0 unspecified atom stereocenters. The lowest BCUT2D eigenvalue weighted by atomic mass is 9.68. The molecule has 1 fully saturated rings. The van der Waals surface area contributed by atoms with Crippen LogP contribution in [-0.2, 0) is 10.2 Å². The van der Waals surface area contributed by atoms with Crippen LogP contribution >= 0.6 is 11.6 Å². The van der Waals surface area contributed by atoms with Crippen LogP contribution in [0.4, 0.5) is 0 Å². The lowest BCUT2D eigenvalue weighted by Crippen LogP contribution is -2.28. The van der Waals surface area contributed by atoms with Crippen molar-refractivity contribution in [1.82, 2.24) is 0 Å². The van der Waals surface area contributed by atoms with E-state index < -0.39 is 0 Å². The third-order valence-corrected chi connectivity index (χ3v) is 4.14. The smallest absolute Gasteiger partial charge is 0.106 e. The van der Waals surface area contributed by atoms with Gasteiger partial charge in [0.15, 0.2) is 0 Å². The van der Waals surface area contributed by atoms with Crippen LogP contribution < -0.4 is 0 Å². The van der Waals surface area contributed by atoms with E-state index in [1.807, 2.05) is 18.9 Å². The summed E-state index contributed by atoms with van der Waals surface area (Å²) in [6, 6.07) is 8.55. The number of hydrogen-bond donors (Lipinski definition) is 0. The average molecular weight is 281 g/mol. The summed E-state index contributed by atoms with van der Waals surface area (Å²) in [6.07, 6.45) is 6.71. The van der Waals surface area contributed by atoms with Gasteiger partial charge in [-0.3, -0.25) is 0 Å². The zero-order chi connectivity index (χ0) is 14.5. The second-order valence-electron chi connectivity index (χ2n) is 6.73. The van der Waals surface area contributed by atoms with Crippen molar-refractivity contribution in [3.63, 3.8) is 0 Å². The fourth-order valence-corrected chi connectivity index (χ4v) is 3.56. The molecule has 0 radical (unpaired) electrons. The number of rotatable bonds is 2. The maximum Gasteiger partial charge on any atom is 0.106 e. The maximum atomic E-state index is 8.00. The molecule has 19 heavy (non-hydrogen) atoms. The topological polar surface area (TPSA) is 17.1 Å². The van der Waals surface area contributed by atoms with Crippen LogP contribution in [0.5, 0.6) is 0 Å². The predicted octanol–water partition coefficient (Wildman–Crippen LogP) is 5.40. The minimum absolute atomic E-state index is 0.393. The average Bonchev–Trinajstić information content (AvgIpc) is 2.80. The number of carbonyl (C=O) groups is 1. The molecule has 1 aromatic rings. The van der Waals surface area contributed by atoms with Crippen LogP contribution in [0.15, 0.2) is 24.3 Å². The van der Waals surface area contributed by atoms with E-state index in [4.69, 9.17) is 16.4 Å². The summed E-state index contributed by atoms with van der Waals surface area (Å²) >= 11 is 6.00. The molecular weight excluding hydrogens is 256 g/mol. The monoisotopic (exact) mass is 280 g/mol. The molecule has 1 aliphatic rings. The zero-order valence-corrected chi connectivity index (χ0v) is 13.1. The molecule has 106 valence electrons. The highest BCUT2D eigenvalue weighted by molar-refractivity contribution is 6.30. The highest BCUT2D eigenvalue weighted by Crippen LogP contribution is 2.48. The molecular formula is C17H25ClO. The molecule has 0 amide bonds. The molecule has 0 aliphatic heterocycles. The van der Waals surface area contributed by atoms with E-state index in [1.165, 1.54) is 37.7 Å². The molecule has 0 heterocycles. The van der Waals surface area contributed by atoms with Gasteiger partial charge >= 0.3 is 0 Å². The van der Waals surface area contributed by atoms with Crippen molar-refractivity contribution in [2.45, 2.75) is 58.3 Å². The van der Waals surface area contributed by atoms with Gasteiger partial charge in [0.25, 0.3) is 0 Å². The zero-order valence-electron chi connectivity index (χ0n) is 12.3. The maximum absolute atomic E-state index is 8.00. The molecule has 1 nitrogen and oxygen atoms in total. The first-order valence-electron chi connectivity index (χ1n) is 6.96. The minimum Gasteiger partial charge on any atom is -0.307 e. The summed E-state index contributed by atoms with van der Waals surface area (Å²) in [7, 11) is 0. The molecule has 2 heteroatoms. The van der Waals surface area contributed by atoms with E-state index in [-0.39, 0.29) is 0 Å². The minimum atomic E-state index is 0.393. The Morgan fingerprint density at radius 3 is 2.00 bits per heavy atom. The molecule has 2 rings (SSSR count). The molecule has 0 atom stereocenters. The normalized spacial score (nSPS) is 17.7. The summed E-state index contributed by atoms with van der Waals surface area (Å²) in [6.45, 7) is 9.05. The molecule has 0 N–H and O–H groups in total. The summed E-state index contributed by atoms with van der Waals surface area (Å²) < 4.78 is 0. The first-order chi connectivity index (χ1) is 8.91. The predicted molar refractivity (Wildman–Crippen MR) is 82.8 cm³/mol. The second-order valence-corrected chi connectivity index (χ2v) is 7.17. The number of carbonyl (C=O) groups excluding carboxylic acids is 1. The van der Waals surface area contributed by atoms with E-state index in [1.54, 1.807) is 0 Å².